The molecule has 0 fully saturated rings. The van der Waals surface area contributed by atoms with Gasteiger partial charge >= 0.3 is 6.08 Å². The molecule has 0 unspecified atom stereocenters. The van der Waals surface area contributed by atoms with Crippen molar-refractivity contribution in [1.29, 1.82) is 0 Å². The van der Waals surface area contributed by atoms with Crippen LogP contribution in [0.25, 0.3) is 10.6 Å². The highest BCUT2D eigenvalue weighted by molar-refractivity contribution is 7.13. The highest BCUT2D eigenvalue weighted by Crippen LogP contribution is 2.33. The first-order valence-electron chi connectivity index (χ1n) is 9.01. The fourth-order valence-electron chi connectivity index (χ4n) is 2.76. The molecule has 2 aromatic carbocycles. The number of thiazole rings is 1. The van der Waals surface area contributed by atoms with Crippen molar-refractivity contribution in [2.45, 2.75) is 13.0 Å². The molecular weight excluding hydrogens is 409 g/mol. The summed E-state index contributed by atoms with van der Waals surface area (Å²) in [5.41, 5.74) is 2.54. The van der Waals surface area contributed by atoms with Crippen LogP contribution in [0.2, 0.25) is 0 Å². The number of ether oxygens (including phenoxy) is 3. The van der Waals surface area contributed by atoms with E-state index >= 15 is 0 Å². The Balaban J connectivity index is 1.38. The van der Waals surface area contributed by atoms with Gasteiger partial charge < -0.3 is 14.2 Å². The molecule has 2 heterocycles. The minimum Gasteiger partial charge on any atom is -0.493 e. The Kier molecular flexibility index (Phi) is 5.89. The van der Waals surface area contributed by atoms with Crippen molar-refractivity contribution in [1.82, 2.24) is 15.1 Å². The molecule has 0 radical (unpaired) electrons. The van der Waals surface area contributed by atoms with Crippen LogP contribution in [-0.4, -0.2) is 29.3 Å². The zero-order valence-corrected chi connectivity index (χ0v) is 17.1. The zero-order chi connectivity index (χ0) is 20.9. The van der Waals surface area contributed by atoms with Crippen LogP contribution >= 0.6 is 11.3 Å². The number of aromatic nitrogens is 3. The molecule has 0 amide bonds. The molecule has 0 bridgehead atoms. The Morgan fingerprint density at radius 1 is 1.00 bits per heavy atom. The minimum atomic E-state index is -0.286. The van der Waals surface area contributed by atoms with Crippen molar-refractivity contribution in [3.63, 3.8) is 0 Å². The fourth-order valence-corrected chi connectivity index (χ4v) is 3.57. The minimum absolute atomic E-state index is 0.0628. The topological polar surface area (TPSA) is 79.5 Å². The first-order valence-corrected chi connectivity index (χ1v) is 9.89. The predicted molar refractivity (Wildman–Crippen MR) is 108 cm³/mol. The molecule has 0 aliphatic heterocycles. The average Bonchev–Trinajstić information content (AvgIpc) is 3.43. The van der Waals surface area contributed by atoms with E-state index in [1.54, 1.807) is 26.4 Å². The summed E-state index contributed by atoms with van der Waals surface area (Å²) in [6.45, 7) is 0.196. The summed E-state index contributed by atoms with van der Waals surface area (Å²) in [6, 6.07) is 11.8. The Morgan fingerprint density at radius 3 is 2.57 bits per heavy atom. The van der Waals surface area contributed by atoms with Crippen molar-refractivity contribution in [2.75, 3.05) is 14.2 Å². The zero-order valence-electron chi connectivity index (χ0n) is 16.3. The van der Waals surface area contributed by atoms with Crippen molar-refractivity contribution < 1.29 is 23.1 Å². The van der Waals surface area contributed by atoms with E-state index in [0.717, 1.165) is 21.8 Å². The summed E-state index contributed by atoms with van der Waals surface area (Å²) < 4.78 is 34.3. The van der Waals surface area contributed by atoms with Crippen LogP contribution in [0.5, 0.6) is 17.6 Å². The van der Waals surface area contributed by atoms with E-state index in [1.807, 2.05) is 23.6 Å². The molecule has 0 saturated heterocycles. The smallest absolute Gasteiger partial charge is 0.417 e. The summed E-state index contributed by atoms with van der Waals surface area (Å²) in [7, 11) is 3.19. The molecule has 4 aromatic rings. The van der Waals surface area contributed by atoms with E-state index in [2.05, 4.69) is 15.1 Å². The largest absolute Gasteiger partial charge is 0.493 e. The van der Waals surface area contributed by atoms with Crippen molar-refractivity contribution in [2.24, 2.45) is 0 Å². The molecule has 4 rings (SSSR count). The van der Waals surface area contributed by atoms with E-state index in [-0.39, 0.29) is 18.5 Å². The number of rotatable bonds is 8. The lowest BCUT2D eigenvalue weighted by Gasteiger charge is -2.08. The van der Waals surface area contributed by atoms with Crippen LogP contribution in [0.15, 0.2) is 52.4 Å². The predicted octanol–water partition coefficient (Wildman–Crippen LogP) is 4.52. The second-order valence-corrected chi connectivity index (χ2v) is 7.14. The van der Waals surface area contributed by atoms with Gasteiger partial charge in [0.25, 0.3) is 0 Å². The SMILES string of the molecule is COc1ccc(-c2nc(COc3nc(Cc4ccc(F)cc4)no3)cs2)cc1OC. The van der Waals surface area contributed by atoms with E-state index in [4.69, 9.17) is 18.7 Å². The number of hydrogen-bond acceptors (Lipinski definition) is 8. The third kappa shape index (κ3) is 4.57. The van der Waals surface area contributed by atoms with Crippen LogP contribution in [0.4, 0.5) is 4.39 Å². The lowest BCUT2D eigenvalue weighted by molar-refractivity contribution is 0.193. The Morgan fingerprint density at radius 2 is 1.80 bits per heavy atom. The highest BCUT2D eigenvalue weighted by atomic mass is 32.1. The van der Waals surface area contributed by atoms with Crippen LogP contribution < -0.4 is 14.2 Å². The Hall–Kier alpha value is -3.46. The first kappa shape index (κ1) is 19.8. The van der Waals surface area contributed by atoms with Crippen LogP contribution in [0.1, 0.15) is 17.1 Å². The molecule has 0 spiro atoms. The van der Waals surface area contributed by atoms with Gasteiger partial charge in [-0.1, -0.05) is 17.3 Å². The summed E-state index contributed by atoms with van der Waals surface area (Å²) in [6.07, 6.45) is 0.487. The second-order valence-electron chi connectivity index (χ2n) is 6.28. The molecule has 0 N–H and O–H groups in total. The maximum Gasteiger partial charge on any atom is 0.417 e. The standard InChI is InChI=1S/C21H18FN3O4S/c1-26-17-8-5-14(10-18(17)27-2)20-23-16(12-30-20)11-28-21-24-19(25-29-21)9-13-3-6-15(22)7-4-13/h3-8,10,12H,9,11H2,1-2H3. The van der Waals surface area contributed by atoms with E-state index in [9.17, 15) is 4.39 Å². The van der Waals surface area contributed by atoms with Gasteiger partial charge in [0.05, 0.1) is 19.9 Å². The van der Waals surface area contributed by atoms with Gasteiger partial charge in [0.1, 0.15) is 17.4 Å². The Labute approximate surface area is 176 Å². The number of benzene rings is 2. The number of methoxy groups -OCH3 is 2. The third-order valence-corrected chi connectivity index (χ3v) is 5.19. The summed E-state index contributed by atoms with van der Waals surface area (Å²) in [4.78, 5) is 8.78. The molecule has 0 aliphatic rings. The van der Waals surface area contributed by atoms with Crippen molar-refractivity contribution in [3.8, 4) is 28.1 Å². The van der Waals surface area contributed by atoms with Crippen LogP contribution in [0, 0.1) is 5.82 Å². The number of hydrogen-bond donors (Lipinski definition) is 0. The molecule has 0 saturated carbocycles. The van der Waals surface area contributed by atoms with Crippen LogP contribution in [0.3, 0.4) is 0 Å². The molecular formula is C21H18FN3O4S. The second kappa shape index (κ2) is 8.91. The normalized spacial score (nSPS) is 10.8. The fraction of sp³-hybridized carbons (Fsp3) is 0.190. The maximum atomic E-state index is 13.0. The van der Waals surface area contributed by atoms with Crippen molar-refractivity contribution in [3.05, 3.63) is 70.7 Å². The van der Waals surface area contributed by atoms with Crippen molar-refractivity contribution >= 4 is 11.3 Å². The van der Waals surface area contributed by atoms with Gasteiger partial charge in [0, 0.05) is 17.4 Å². The molecule has 7 nitrogen and oxygen atoms in total. The van der Waals surface area contributed by atoms with E-state index < -0.39 is 0 Å². The van der Waals surface area contributed by atoms with Gasteiger partial charge in [0.15, 0.2) is 17.3 Å². The maximum absolute atomic E-state index is 13.0. The average molecular weight is 427 g/mol. The van der Waals surface area contributed by atoms with E-state index in [0.29, 0.717) is 23.7 Å². The molecule has 30 heavy (non-hydrogen) atoms. The molecule has 2 aromatic heterocycles. The van der Waals surface area contributed by atoms with Gasteiger partial charge in [-0.15, -0.1) is 11.3 Å². The summed E-state index contributed by atoms with van der Waals surface area (Å²) in [5.74, 6) is 1.48. The van der Waals surface area contributed by atoms with E-state index in [1.165, 1.54) is 23.5 Å². The molecule has 0 aliphatic carbocycles. The lowest BCUT2D eigenvalue weighted by atomic mass is 10.1. The molecule has 9 heteroatoms. The van der Waals surface area contributed by atoms with Crippen LogP contribution in [-0.2, 0) is 13.0 Å². The third-order valence-electron chi connectivity index (χ3n) is 4.25. The van der Waals surface area contributed by atoms with Gasteiger partial charge in [0.2, 0.25) is 0 Å². The molecule has 0 atom stereocenters. The number of nitrogens with zero attached hydrogens (tertiary/aromatic N) is 3. The van der Waals surface area contributed by atoms with Gasteiger partial charge in [-0.2, -0.15) is 4.98 Å². The van der Waals surface area contributed by atoms with Gasteiger partial charge in [-0.25, -0.2) is 9.37 Å². The first-order chi connectivity index (χ1) is 14.6. The summed E-state index contributed by atoms with van der Waals surface area (Å²) >= 11 is 1.49. The lowest BCUT2D eigenvalue weighted by Crippen LogP contribution is -1.97. The monoisotopic (exact) mass is 427 g/mol. The quantitative estimate of drug-likeness (QED) is 0.409. The highest BCUT2D eigenvalue weighted by Gasteiger charge is 2.12. The van der Waals surface area contributed by atoms with Gasteiger partial charge in [-0.05, 0) is 35.9 Å². The Bertz CT molecular complexity index is 1130. The number of halogens is 1. The summed E-state index contributed by atoms with van der Waals surface area (Å²) in [5, 5.41) is 6.62. The molecule has 154 valence electrons. The van der Waals surface area contributed by atoms with Gasteiger partial charge in [-0.3, -0.25) is 4.52 Å².